The first-order chi connectivity index (χ1) is 16.5. The molecule has 0 aliphatic carbocycles. The van der Waals surface area contributed by atoms with Crippen molar-refractivity contribution < 1.29 is 18.7 Å². The summed E-state index contributed by atoms with van der Waals surface area (Å²) in [6.07, 6.45) is 3.85. The maximum atomic E-state index is 13.1. The van der Waals surface area contributed by atoms with Crippen LogP contribution in [0.25, 0.3) is 27.9 Å². The average molecular weight is 455 g/mol. The fraction of sp³-hybridized carbons (Fsp3) is 0.115. The molecular weight excluding hydrogens is 434 g/mol. The van der Waals surface area contributed by atoms with Crippen molar-refractivity contribution in [3.05, 3.63) is 88.5 Å². The molecule has 8 nitrogen and oxygen atoms in total. The monoisotopic (exact) mass is 455 g/mol. The fourth-order valence-electron chi connectivity index (χ4n) is 3.88. The number of nitrogens with one attached hydrogen (secondary N) is 1. The van der Waals surface area contributed by atoms with E-state index in [1.165, 1.54) is 20.3 Å². The Bertz CT molecular complexity index is 1620. The van der Waals surface area contributed by atoms with Crippen molar-refractivity contribution in [2.24, 2.45) is 0 Å². The number of aryl methyl sites for hydroxylation is 1. The number of rotatable bonds is 5. The van der Waals surface area contributed by atoms with E-state index in [1.54, 1.807) is 30.3 Å². The number of carbonyl (C=O) groups excluding carboxylic acids is 1. The average Bonchev–Trinajstić information content (AvgIpc) is 3.29. The second-order valence-electron chi connectivity index (χ2n) is 7.74. The van der Waals surface area contributed by atoms with Crippen LogP contribution in [0.15, 0.2) is 76.2 Å². The Kier molecular flexibility index (Phi) is 5.25. The molecule has 0 fully saturated rings. The van der Waals surface area contributed by atoms with Crippen LogP contribution in [0.4, 0.5) is 5.69 Å². The van der Waals surface area contributed by atoms with Crippen LogP contribution in [-0.4, -0.2) is 29.5 Å². The molecule has 170 valence electrons. The molecular formula is C26H21N3O5. The maximum Gasteiger partial charge on any atom is 0.349 e. The number of methoxy groups -OCH3 is 2. The predicted molar refractivity (Wildman–Crippen MR) is 129 cm³/mol. The van der Waals surface area contributed by atoms with Gasteiger partial charge >= 0.3 is 5.63 Å². The molecule has 0 unspecified atom stereocenters. The van der Waals surface area contributed by atoms with Crippen LogP contribution in [0.1, 0.15) is 15.9 Å². The maximum absolute atomic E-state index is 13.1. The van der Waals surface area contributed by atoms with Crippen molar-refractivity contribution in [3.8, 4) is 22.8 Å². The van der Waals surface area contributed by atoms with Crippen molar-refractivity contribution in [2.45, 2.75) is 6.92 Å². The minimum atomic E-state index is -0.763. The minimum absolute atomic E-state index is 0.128. The molecule has 1 N–H and O–H groups in total. The molecule has 34 heavy (non-hydrogen) atoms. The number of amides is 1. The van der Waals surface area contributed by atoms with Gasteiger partial charge in [0.1, 0.15) is 17.0 Å². The number of imidazole rings is 1. The molecule has 0 aliphatic heterocycles. The third-order valence-corrected chi connectivity index (χ3v) is 5.61. The fourth-order valence-corrected chi connectivity index (χ4v) is 3.88. The van der Waals surface area contributed by atoms with Gasteiger partial charge in [0.2, 0.25) is 0 Å². The highest BCUT2D eigenvalue weighted by Gasteiger charge is 2.18. The topological polar surface area (TPSA) is 95.1 Å². The smallest absolute Gasteiger partial charge is 0.349 e. The summed E-state index contributed by atoms with van der Waals surface area (Å²) in [5.74, 6) is 0.252. The molecule has 0 bridgehead atoms. The summed E-state index contributed by atoms with van der Waals surface area (Å²) in [5, 5.41) is 3.35. The van der Waals surface area contributed by atoms with Crippen molar-refractivity contribution in [1.29, 1.82) is 0 Å². The van der Waals surface area contributed by atoms with Gasteiger partial charge in [0.25, 0.3) is 5.91 Å². The molecule has 8 heteroatoms. The molecule has 0 saturated heterocycles. The van der Waals surface area contributed by atoms with Gasteiger partial charge in [0.05, 0.1) is 25.6 Å². The molecule has 0 atom stereocenters. The van der Waals surface area contributed by atoms with Crippen LogP contribution in [0, 0.1) is 6.92 Å². The Hall–Kier alpha value is -4.59. The molecule has 5 rings (SSSR count). The first-order valence-electron chi connectivity index (χ1n) is 10.5. The minimum Gasteiger partial charge on any atom is -0.495 e. The number of fused-ring (bicyclic) bond motifs is 2. The second-order valence-corrected chi connectivity index (χ2v) is 7.74. The molecule has 0 saturated carbocycles. The molecule has 0 spiro atoms. The Morgan fingerprint density at radius 3 is 2.62 bits per heavy atom. The van der Waals surface area contributed by atoms with Crippen molar-refractivity contribution >= 4 is 28.2 Å². The third-order valence-electron chi connectivity index (χ3n) is 5.61. The number of benzene rings is 2. The van der Waals surface area contributed by atoms with E-state index in [9.17, 15) is 9.59 Å². The van der Waals surface area contributed by atoms with Gasteiger partial charge in [-0.1, -0.05) is 18.2 Å². The Morgan fingerprint density at radius 1 is 1.03 bits per heavy atom. The second kappa shape index (κ2) is 8.40. The summed E-state index contributed by atoms with van der Waals surface area (Å²) in [6, 6.07) is 16.0. The Labute approximate surface area is 194 Å². The summed E-state index contributed by atoms with van der Waals surface area (Å²) >= 11 is 0. The van der Waals surface area contributed by atoms with Crippen molar-refractivity contribution in [3.63, 3.8) is 0 Å². The lowest BCUT2D eigenvalue weighted by Crippen LogP contribution is -2.21. The number of hydrogen-bond donors (Lipinski definition) is 1. The van der Waals surface area contributed by atoms with Crippen LogP contribution in [-0.2, 0) is 0 Å². The number of carbonyl (C=O) groups is 1. The molecule has 3 aromatic heterocycles. The highest BCUT2D eigenvalue weighted by atomic mass is 16.5. The molecule has 0 radical (unpaired) electrons. The van der Waals surface area contributed by atoms with E-state index < -0.39 is 11.5 Å². The normalized spacial score (nSPS) is 11.0. The third kappa shape index (κ3) is 3.65. The number of pyridine rings is 1. The van der Waals surface area contributed by atoms with Crippen LogP contribution < -0.4 is 20.4 Å². The largest absolute Gasteiger partial charge is 0.495 e. The number of nitrogens with zero attached hydrogens (tertiary/aromatic N) is 2. The van der Waals surface area contributed by atoms with Gasteiger partial charge in [0.15, 0.2) is 11.3 Å². The summed E-state index contributed by atoms with van der Waals surface area (Å²) in [6.45, 7) is 2.00. The highest BCUT2D eigenvalue weighted by molar-refractivity contribution is 6.06. The quantitative estimate of drug-likeness (QED) is 0.387. The Morgan fingerprint density at radius 2 is 1.85 bits per heavy atom. The van der Waals surface area contributed by atoms with Gasteiger partial charge in [-0.15, -0.1) is 0 Å². The first-order valence-corrected chi connectivity index (χ1v) is 10.5. The van der Waals surface area contributed by atoms with Gasteiger partial charge in [-0.3, -0.25) is 4.79 Å². The van der Waals surface area contributed by atoms with Crippen LogP contribution in [0.5, 0.6) is 11.5 Å². The standard InChI is InChI=1S/C26H21N3O5/c1-15-6-5-11-29-14-20(27-24(15)29)16-9-10-21(32-2)19(13-16)28-25(30)18-12-17-7-4-8-22(33-3)23(17)34-26(18)31/h4-14H,1-3H3,(H,28,30). The zero-order chi connectivity index (χ0) is 23.8. The van der Waals surface area contributed by atoms with Gasteiger partial charge in [-0.05, 0) is 48.9 Å². The van der Waals surface area contributed by atoms with E-state index in [0.29, 0.717) is 22.6 Å². The predicted octanol–water partition coefficient (Wildman–Crippen LogP) is 4.69. The van der Waals surface area contributed by atoms with Gasteiger partial charge in [-0.2, -0.15) is 0 Å². The number of anilines is 1. The zero-order valence-corrected chi connectivity index (χ0v) is 18.8. The number of hydrogen-bond acceptors (Lipinski definition) is 6. The van der Waals surface area contributed by atoms with E-state index in [2.05, 4.69) is 5.32 Å². The van der Waals surface area contributed by atoms with Gasteiger partial charge in [-0.25, -0.2) is 9.78 Å². The van der Waals surface area contributed by atoms with Crippen LogP contribution in [0.3, 0.4) is 0 Å². The molecule has 3 heterocycles. The lowest BCUT2D eigenvalue weighted by Gasteiger charge is -2.12. The first kappa shape index (κ1) is 21.3. The summed E-state index contributed by atoms with van der Waals surface area (Å²) < 4.78 is 18.0. The van der Waals surface area contributed by atoms with E-state index in [-0.39, 0.29) is 11.1 Å². The van der Waals surface area contributed by atoms with Crippen LogP contribution in [0.2, 0.25) is 0 Å². The summed E-state index contributed by atoms with van der Waals surface area (Å²) in [4.78, 5) is 30.4. The summed E-state index contributed by atoms with van der Waals surface area (Å²) in [5.41, 5.74) is 3.23. The number of para-hydroxylation sites is 1. The lowest BCUT2D eigenvalue weighted by molar-refractivity contribution is 0.102. The molecule has 1 amide bonds. The summed E-state index contributed by atoms with van der Waals surface area (Å²) in [7, 11) is 2.99. The number of aromatic nitrogens is 2. The van der Waals surface area contributed by atoms with E-state index in [4.69, 9.17) is 18.9 Å². The van der Waals surface area contributed by atoms with E-state index in [0.717, 1.165) is 22.5 Å². The Balaban J connectivity index is 1.52. The molecule has 0 aliphatic rings. The lowest BCUT2D eigenvalue weighted by atomic mass is 10.1. The zero-order valence-electron chi connectivity index (χ0n) is 18.8. The van der Waals surface area contributed by atoms with Crippen LogP contribution >= 0.6 is 0 Å². The highest BCUT2D eigenvalue weighted by Crippen LogP contribution is 2.31. The van der Waals surface area contributed by atoms with Crippen molar-refractivity contribution in [2.75, 3.05) is 19.5 Å². The number of ether oxygens (including phenoxy) is 2. The molecule has 5 aromatic rings. The van der Waals surface area contributed by atoms with E-state index >= 15 is 0 Å². The SMILES string of the molecule is COc1ccc(-c2cn3cccc(C)c3n2)cc1NC(=O)c1cc2cccc(OC)c2oc1=O. The molecule has 2 aromatic carbocycles. The van der Waals surface area contributed by atoms with Gasteiger partial charge in [0, 0.05) is 23.3 Å². The van der Waals surface area contributed by atoms with E-state index in [1.807, 2.05) is 41.9 Å². The van der Waals surface area contributed by atoms with Crippen molar-refractivity contribution in [1.82, 2.24) is 9.38 Å². The van der Waals surface area contributed by atoms with Gasteiger partial charge < -0.3 is 23.6 Å².